The zero-order valence-corrected chi connectivity index (χ0v) is 15.5. The molecule has 22 heavy (non-hydrogen) atoms. The fourth-order valence-corrected chi connectivity index (χ4v) is 4.99. The van der Waals surface area contributed by atoms with E-state index in [0.29, 0.717) is 18.1 Å². The number of hydrogen-bond donors (Lipinski definition) is 1. The molecule has 1 heterocycles. The molecule has 0 unspecified atom stereocenters. The topological polar surface area (TPSA) is 47.0 Å². The van der Waals surface area contributed by atoms with Crippen molar-refractivity contribution < 1.29 is 4.74 Å². The molecular weight excluding hydrogens is 363 g/mol. The molecule has 0 bridgehead atoms. The molecule has 6 heteroatoms. The van der Waals surface area contributed by atoms with E-state index < -0.39 is 0 Å². The molecular formula is C16H20N2O2SSe. The summed E-state index contributed by atoms with van der Waals surface area (Å²) in [7, 11) is 0. The van der Waals surface area contributed by atoms with E-state index in [4.69, 9.17) is 17.0 Å². The Hall–Kier alpha value is -1.20. The first-order chi connectivity index (χ1) is 10.5. The van der Waals surface area contributed by atoms with Gasteiger partial charge in [0, 0.05) is 0 Å². The van der Waals surface area contributed by atoms with Crippen molar-refractivity contribution >= 4 is 36.2 Å². The van der Waals surface area contributed by atoms with Gasteiger partial charge in [-0.25, -0.2) is 0 Å². The monoisotopic (exact) mass is 384 g/mol. The van der Waals surface area contributed by atoms with Crippen molar-refractivity contribution in [2.24, 2.45) is 0 Å². The second-order valence-corrected chi connectivity index (χ2v) is 7.71. The number of hydrogen-bond acceptors (Lipinski definition) is 3. The third-order valence-electron chi connectivity index (χ3n) is 3.15. The number of nitrogens with zero attached hydrogens (tertiary/aromatic N) is 1. The summed E-state index contributed by atoms with van der Waals surface area (Å²) in [4.78, 5) is 15.1. The Morgan fingerprint density at radius 1 is 1.32 bits per heavy atom. The van der Waals surface area contributed by atoms with Crippen LogP contribution in [0.15, 0.2) is 35.1 Å². The number of aromatic nitrogens is 2. The average molecular weight is 383 g/mol. The second kappa shape index (κ2) is 7.88. The van der Waals surface area contributed by atoms with E-state index in [1.54, 1.807) is 0 Å². The van der Waals surface area contributed by atoms with Crippen molar-refractivity contribution in [2.45, 2.75) is 33.4 Å². The summed E-state index contributed by atoms with van der Waals surface area (Å²) in [6.07, 6.45) is 0. The van der Waals surface area contributed by atoms with Crippen molar-refractivity contribution in [1.82, 2.24) is 9.55 Å². The molecule has 1 aromatic heterocycles. The molecule has 1 aromatic carbocycles. The summed E-state index contributed by atoms with van der Waals surface area (Å²) in [6.45, 7) is 6.98. The van der Waals surface area contributed by atoms with Crippen molar-refractivity contribution in [3.05, 3.63) is 51.0 Å². The van der Waals surface area contributed by atoms with Gasteiger partial charge in [0.1, 0.15) is 0 Å². The first-order valence-corrected chi connectivity index (χ1v) is 9.34. The van der Waals surface area contributed by atoms with Gasteiger partial charge in [0.25, 0.3) is 0 Å². The van der Waals surface area contributed by atoms with Gasteiger partial charge in [0.15, 0.2) is 0 Å². The van der Waals surface area contributed by atoms with Crippen LogP contribution in [0.1, 0.15) is 32.3 Å². The van der Waals surface area contributed by atoms with E-state index >= 15 is 0 Å². The molecule has 0 aliphatic heterocycles. The van der Waals surface area contributed by atoms with Gasteiger partial charge >= 0.3 is 142 Å². The summed E-state index contributed by atoms with van der Waals surface area (Å²) in [6, 6.07) is 10.2. The van der Waals surface area contributed by atoms with Gasteiger partial charge in [0.05, 0.1) is 0 Å². The minimum atomic E-state index is -0.0828. The fourth-order valence-electron chi connectivity index (χ4n) is 2.09. The van der Waals surface area contributed by atoms with Gasteiger partial charge in [0.2, 0.25) is 0 Å². The molecule has 1 N–H and O–H groups in total. The predicted octanol–water partition coefficient (Wildman–Crippen LogP) is 1.68. The quantitative estimate of drug-likeness (QED) is 0.610. The number of benzene rings is 1. The molecule has 2 aromatic rings. The number of aromatic amines is 1. The third kappa shape index (κ3) is 3.96. The van der Waals surface area contributed by atoms with Crippen LogP contribution in [0.4, 0.5) is 0 Å². The molecule has 2 rings (SSSR count). The molecule has 0 saturated carbocycles. The molecule has 118 valence electrons. The Labute approximate surface area is 141 Å². The molecule has 0 radical (unpaired) electrons. The number of rotatable bonds is 6. The molecule has 0 saturated heterocycles. The number of H-pyrrole nitrogens is 1. The van der Waals surface area contributed by atoms with Gasteiger partial charge in [-0.05, 0) is 0 Å². The zero-order chi connectivity index (χ0) is 16.1. The molecule has 0 fully saturated rings. The normalized spacial score (nSPS) is 11.1. The summed E-state index contributed by atoms with van der Waals surface area (Å²) in [5.74, 6) is 0.132. The van der Waals surface area contributed by atoms with E-state index in [0.717, 1.165) is 10.2 Å². The van der Waals surface area contributed by atoms with Gasteiger partial charge in [-0.2, -0.15) is 0 Å². The minimum absolute atomic E-state index is 0.000214. The van der Waals surface area contributed by atoms with E-state index in [-0.39, 0.29) is 26.4 Å². The number of ether oxygens (including phenoxy) is 1. The summed E-state index contributed by atoms with van der Waals surface area (Å²) in [5, 5.41) is 0. The maximum atomic E-state index is 12.4. The summed E-state index contributed by atoms with van der Waals surface area (Å²) in [5.41, 5.74) is 0.720. The predicted molar refractivity (Wildman–Crippen MR) is 93.1 cm³/mol. The Morgan fingerprint density at radius 2 is 2.00 bits per heavy atom. The van der Waals surface area contributed by atoms with Crippen LogP contribution in [0.5, 0.6) is 0 Å². The van der Waals surface area contributed by atoms with Crippen LogP contribution in [0, 0.1) is 4.77 Å². The average Bonchev–Trinajstić information content (AvgIpc) is 2.47. The summed E-state index contributed by atoms with van der Waals surface area (Å²) < 4.78 is 10.1. The van der Waals surface area contributed by atoms with Crippen LogP contribution in [0.2, 0.25) is 0 Å². The fraction of sp³-hybridized carbons (Fsp3) is 0.375. The molecule has 0 aliphatic rings. The van der Waals surface area contributed by atoms with Crippen LogP contribution in [0.25, 0.3) is 0 Å². The first kappa shape index (κ1) is 17.2. The second-order valence-electron chi connectivity index (χ2n) is 5.10. The molecule has 0 atom stereocenters. The zero-order valence-electron chi connectivity index (χ0n) is 13.0. The van der Waals surface area contributed by atoms with Gasteiger partial charge in [-0.3, -0.25) is 0 Å². The third-order valence-corrected chi connectivity index (χ3v) is 5.86. The van der Waals surface area contributed by atoms with E-state index in [9.17, 15) is 4.79 Å². The molecule has 0 amide bonds. The van der Waals surface area contributed by atoms with Gasteiger partial charge in [-0.15, -0.1) is 0 Å². The van der Waals surface area contributed by atoms with Crippen LogP contribution < -0.4 is 14.6 Å². The van der Waals surface area contributed by atoms with E-state index in [1.807, 2.05) is 43.5 Å². The maximum absolute atomic E-state index is 12.4. The van der Waals surface area contributed by atoms with Gasteiger partial charge in [-0.1, -0.05) is 0 Å². The van der Waals surface area contributed by atoms with Crippen LogP contribution >= 0.6 is 12.2 Å². The molecule has 4 nitrogen and oxygen atoms in total. The molecule has 0 spiro atoms. The van der Waals surface area contributed by atoms with Crippen LogP contribution in [-0.4, -0.2) is 31.1 Å². The van der Waals surface area contributed by atoms with Gasteiger partial charge < -0.3 is 0 Å². The van der Waals surface area contributed by atoms with Crippen molar-refractivity contribution in [3.8, 4) is 0 Å². The van der Waals surface area contributed by atoms with Crippen molar-refractivity contribution in [1.29, 1.82) is 0 Å². The van der Waals surface area contributed by atoms with Crippen molar-refractivity contribution in [3.63, 3.8) is 0 Å². The van der Waals surface area contributed by atoms with Crippen LogP contribution in [-0.2, 0) is 11.5 Å². The Balaban J connectivity index is 2.59. The van der Waals surface area contributed by atoms with E-state index in [2.05, 4.69) is 17.1 Å². The van der Waals surface area contributed by atoms with Crippen molar-refractivity contribution in [2.75, 3.05) is 6.61 Å². The molecule has 0 aliphatic carbocycles. The first-order valence-electron chi connectivity index (χ1n) is 7.22. The Kier molecular flexibility index (Phi) is 6.15. The standard InChI is InChI=1S/C16H20N2O2SSe/c1-4-20-10-18-15(22-12-8-6-5-7-9-12)13(11(2)3)14(19)17-16(18)21/h5-9,11H,4,10H2,1-3H3,(H,17,19,21). The summed E-state index contributed by atoms with van der Waals surface area (Å²) >= 11 is 5.34. The van der Waals surface area contributed by atoms with Crippen LogP contribution in [0.3, 0.4) is 0 Å². The Morgan fingerprint density at radius 3 is 2.59 bits per heavy atom. The number of nitrogens with one attached hydrogen (secondary N) is 1. The SMILES string of the molecule is CCOCn1c([Se]c2ccccc2)c(C(C)C)c(=O)[nH]c1=S. The Bertz CT molecular complexity index is 738. The van der Waals surface area contributed by atoms with E-state index in [1.165, 1.54) is 4.46 Å².